The summed E-state index contributed by atoms with van der Waals surface area (Å²) in [6.07, 6.45) is 0. The molecule has 0 radical (unpaired) electrons. The minimum atomic E-state index is -0.499. The lowest BCUT2D eigenvalue weighted by molar-refractivity contribution is -0.384. The number of nitrogens with zero attached hydrogens (tertiary/aromatic N) is 1. The lowest BCUT2D eigenvalue weighted by Gasteiger charge is -1.99. The van der Waals surface area contributed by atoms with Crippen LogP contribution in [-0.2, 0) is 4.79 Å². The Kier molecular flexibility index (Phi) is 4.10. The van der Waals surface area contributed by atoms with Gasteiger partial charge in [-0.05, 0) is 24.3 Å². The Labute approximate surface area is 115 Å². The van der Waals surface area contributed by atoms with Crippen LogP contribution in [-0.4, -0.2) is 10.8 Å². The largest absolute Gasteiger partial charge is 0.315 e. The molecule has 0 bridgehead atoms. The first-order valence-corrected chi connectivity index (χ1v) is 5.77. The number of nitro groups is 1. The molecule has 5 heteroatoms. The van der Waals surface area contributed by atoms with E-state index in [0.717, 1.165) is 5.56 Å². The third-order valence-corrected chi connectivity index (χ3v) is 2.43. The summed E-state index contributed by atoms with van der Waals surface area (Å²) in [7, 11) is 0. The SMILES string of the molecule is O=C(C#Cc1ccccc1)Nc1ccc([N+](=O)[O-])cc1. The maximum Gasteiger partial charge on any atom is 0.300 e. The molecule has 2 aromatic rings. The lowest BCUT2D eigenvalue weighted by Crippen LogP contribution is -2.08. The van der Waals surface area contributed by atoms with Gasteiger partial charge in [0.1, 0.15) is 0 Å². The van der Waals surface area contributed by atoms with E-state index in [1.165, 1.54) is 24.3 Å². The number of anilines is 1. The number of benzene rings is 2. The predicted molar refractivity (Wildman–Crippen MR) is 75.0 cm³/mol. The maximum atomic E-state index is 11.6. The van der Waals surface area contributed by atoms with Gasteiger partial charge in [-0.15, -0.1) is 0 Å². The molecule has 20 heavy (non-hydrogen) atoms. The summed E-state index contributed by atoms with van der Waals surface area (Å²) in [6, 6.07) is 14.7. The summed E-state index contributed by atoms with van der Waals surface area (Å²) >= 11 is 0. The fourth-order valence-corrected chi connectivity index (χ4v) is 1.48. The van der Waals surface area contributed by atoms with Crippen LogP contribution >= 0.6 is 0 Å². The van der Waals surface area contributed by atoms with Crippen LogP contribution in [0.4, 0.5) is 11.4 Å². The Hall–Kier alpha value is -3.13. The van der Waals surface area contributed by atoms with Crippen LogP contribution in [0.15, 0.2) is 54.6 Å². The molecule has 0 aliphatic heterocycles. The number of nitro benzene ring substituents is 1. The van der Waals surface area contributed by atoms with Gasteiger partial charge in [0.15, 0.2) is 0 Å². The van der Waals surface area contributed by atoms with Crippen molar-refractivity contribution in [1.29, 1.82) is 0 Å². The van der Waals surface area contributed by atoms with E-state index in [1.54, 1.807) is 12.1 Å². The average Bonchev–Trinajstić information content (AvgIpc) is 2.47. The fraction of sp³-hybridized carbons (Fsp3) is 0. The standard InChI is InChI=1S/C15H10N2O3/c18-15(11-6-12-4-2-1-3-5-12)16-13-7-9-14(10-8-13)17(19)20/h1-5,7-10H,(H,16,18). The van der Waals surface area contributed by atoms with Crippen LogP contribution in [0.25, 0.3) is 0 Å². The fourth-order valence-electron chi connectivity index (χ4n) is 1.48. The van der Waals surface area contributed by atoms with E-state index in [1.807, 2.05) is 18.2 Å². The second kappa shape index (κ2) is 6.16. The van der Waals surface area contributed by atoms with Crippen LogP contribution in [0.5, 0.6) is 0 Å². The lowest BCUT2D eigenvalue weighted by atomic mass is 10.2. The normalized spacial score (nSPS) is 9.20. The third-order valence-electron chi connectivity index (χ3n) is 2.43. The van der Waals surface area contributed by atoms with Crippen LogP contribution in [0.2, 0.25) is 0 Å². The molecule has 2 rings (SSSR count). The van der Waals surface area contributed by atoms with E-state index in [-0.39, 0.29) is 5.69 Å². The molecule has 0 saturated heterocycles. The average molecular weight is 266 g/mol. The molecular formula is C15H10N2O3. The molecule has 0 heterocycles. The summed E-state index contributed by atoms with van der Waals surface area (Å²) in [4.78, 5) is 21.6. The van der Waals surface area contributed by atoms with E-state index in [4.69, 9.17) is 0 Å². The zero-order chi connectivity index (χ0) is 14.4. The van der Waals surface area contributed by atoms with Crippen LogP contribution in [0.1, 0.15) is 5.56 Å². The minimum Gasteiger partial charge on any atom is -0.315 e. The number of hydrogen-bond donors (Lipinski definition) is 1. The molecule has 1 N–H and O–H groups in total. The van der Waals surface area contributed by atoms with Gasteiger partial charge in [0.2, 0.25) is 0 Å². The van der Waals surface area contributed by atoms with E-state index >= 15 is 0 Å². The molecule has 0 atom stereocenters. The molecule has 0 spiro atoms. The van der Waals surface area contributed by atoms with Gasteiger partial charge in [0.05, 0.1) is 4.92 Å². The second-order valence-corrected chi connectivity index (χ2v) is 3.87. The zero-order valence-corrected chi connectivity index (χ0v) is 10.4. The summed E-state index contributed by atoms with van der Waals surface area (Å²) in [5.74, 6) is 4.71. The smallest absolute Gasteiger partial charge is 0.300 e. The first-order chi connectivity index (χ1) is 9.65. The summed E-state index contributed by atoms with van der Waals surface area (Å²) in [5, 5.41) is 13.0. The quantitative estimate of drug-likeness (QED) is 0.516. The van der Waals surface area contributed by atoms with Gasteiger partial charge in [-0.3, -0.25) is 14.9 Å². The number of hydrogen-bond acceptors (Lipinski definition) is 3. The molecule has 98 valence electrons. The topological polar surface area (TPSA) is 72.2 Å². The van der Waals surface area contributed by atoms with Crippen molar-refractivity contribution in [2.24, 2.45) is 0 Å². The zero-order valence-electron chi connectivity index (χ0n) is 10.4. The number of non-ortho nitro benzene ring substituents is 1. The van der Waals surface area contributed by atoms with Crippen molar-refractivity contribution in [3.8, 4) is 11.8 Å². The Morgan fingerprint density at radius 1 is 1.05 bits per heavy atom. The van der Waals surface area contributed by atoms with Crippen molar-refractivity contribution in [3.05, 3.63) is 70.3 Å². The second-order valence-electron chi connectivity index (χ2n) is 3.87. The summed E-state index contributed by atoms with van der Waals surface area (Å²) in [5.41, 5.74) is 1.17. The molecule has 0 saturated carbocycles. The Morgan fingerprint density at radius 2 is 1.70 bits per heavy atom. The van der Waals surface area contributed by atoms with Gasteiger partial charge < -0.3 is 5.32 Å². The van der Waals surface area contributed by atoms with Crippen molar-refractivity contribution < 1.29 is 9.72 Å². The minimum absolute atomic E-state index is 0.0293. The number of nitrogens with one attached hydrogen (secondary N) is 1. The van der Waals surface area contributed by atoms with E-state index in [2.05, 4.69) is 17.2 Å². The van der Waals surface area contributed by atoms with Gasteiger partial charge >= 0.3 is 5.91 Å². The molecule has 1 amide bonds. The number of carbonyl (C=O) groups excluding carboxylic acids is 1. The molecular weight excluding hydrogens is 256 g/mol. The van der Waals surface area contributed by atoms with Gasteiger partial charge in [0.25, 0.3) is 5.69 Å². The van der Waals surface area contributed by atoms with Gasteiger partial charge in [-0.2, -0.15) is 0 Å². The van der Waals surface area contributed by atoms with E-state index in [9.17, 15) is 14.9 Å². The number of rotatable bonds is 2. The van der Waals surface area contributed by atoms with Crippen LogP contribution < -0.4 is 5.32 Å². The highest BCUT2D eigenvalue weighted by Crippen LogP contribution is 2.15. The Morgan fingerprint density at radius 3 is 2.30 bits per heavy atom. The third kappa shape index (κ3) is 3.68. The van der Waals surface area contributed by atoms with Crippen molar-refractivity contribution in [3.63, 3.8) is 0 Å². The van der Waals surface area contributed by atoms with Gasteiger partial charge in [0, 0.05) is 29.3 Å². The maximum absolute atomic E-state index is 11.6. The summed E-state index contributed by atoms with van der Waals surface area (Å²) in [6.45, 7) is 0. The van der Waals surface area contributed by atoms with Crippen molar-refractivity contribution in [2.45, 2.75) is 0 Å². The molecule has 0 aliphatic carbocycles. The summed E-state index contributed by atoms with van der Waals surface area (Å²) < 4.78 is 0. The van der Waals surface area contributed by atoms with E-state index < -0.39 is 10.8 Å². The van der Waals surface area contributed by atoms with Crippen molar-refractivity contribution in [1.82, 2.24) is 0 Å². The van der Waals surface area contributed by atoms with E-state index in [0.29, 0.717) is 5.69 Å². The van der Waals surface area contributed by atoms with Crippen molar-refractivity contribution in [2.75, 3.05) is 5.32 Å². The molecule has 0 aliphatic rings. The molecule has 0 fully saturated rings. The highest BCUT2D eigenvalue weighted by Gasteiger charge is 2.04. The van der Waals surface area contributed by atoms with Gasteiger partial charge in [-0.25, -0.2) is 0 Å². The molecule has 2 aromatic carbocycles. The molecule has 0 unspecified atom stereocenters. The monoisotopic (exact) mass is 266 g/mol. The Bertz CT molecular complexity index is 683. The first kappa shape index (κ1) is 13.3. The Balaban J connectivity index is 2.02. The number of carbonyl (C=O) groups is 1. The van der Waals surface area contributed by atoms with Crippen LogP contribution in [0.3, 0.4) is 0 Å². The number of amides is 1. The van der Waals surface area contributed by atoms with Crippen LogP contribution in [0, 0.1) is 22.0 Å². The first-order valence-electron chi connectivity index (χ1n) is 5.77. The highest BCUT2D eigenvalue weighted by molar-refractivity contribution is 6.04. The van der Waals surface area contributed by atoms with Crippen molar-refractivity contribution >= 4 is 17.3 Å². The molecule has 0 aromatic heterocycles. The predicted octanol–water partition coefficient (Wildman–Crippen LogP) is 2.58. The highest BCUT2D eigenvalue weighted by atomic mass is 16.6. The van der Waals surface area contributed by atoms with Gasteiger partial charge in [-0.1, -0.05) is 24.1 Å². The molecule has 5 nitrogen and oxygen atoms in total.